The summed E-state index contributed by atoms with van der Waals surface area (Å²) in [6.45, 7) is 3.75. The van der Waals surface area contributed by atoms with Crippen LogP contribution in [0.5, 0.6) is 0 Å². The second-order valence-electron chi connectivity index (χ2n) is 5.26. The molecule has 102 valence electrons. The van der Waals surface area contributed by atoms with Gasteiger partial charge in [0, 0.05) is 13.5 Å². The number of carbonyl (C=O) groups excluding carboxylic acids is 2. The number of amides is 1. The van der Waals surface area contributed by atoms with Crippen molar-refractivity contribution < 1.29 is 14.3 Å². The average molecular weight is 261 g/mol. The van der Waals surface area contributed by atoms with Crippen molar-refractivity contribution in [2.24, 2.45) is 5.92 Å². The minimum atomic E-state index is -0.649. The topological polar surface area (TPSA) is 46.6 Å². The summed E-state index contributed by atoms with van der Waals surface area (Å²) >= 11 is 0. The highest BCUT2D eigenvalue weighted by molar-refractivity contribution is 5.92. The van der Waals surface area contributed by atoms with Gasteiger partial charge in [0.25, 0.3) is 5.91 Å². The predicted octanol–water partition coefficient (Wildman–Crippen LogP) is 1.64. The molecule has 0 spiro atoms. The molecule has 1 aromatic carbocycles. The highest BCUT2D eigenvalue weighted by atomic mass is 16.6. The second kappa shape index (κ2) is 5.43. The molecule has 0 N–H and O–H groups in total. The number of ether oxygens (including phenoxy) is 1. The zero-order valence-corrected chi connectivity index (χ0v) is 11.5. The highest BCUT2D eigenvalue weighted by Crippen LogP contribution is 2.21. The Morgan fingerprint density at radius 2 is 1.84 bits per heavy atom. The van der Waals surface area contributed by atoms with Crippen molar-refractivity contribution in [3.05, 3.63) is 35.9 Å². The van der Waals surface area contributed by atoms with E-state index in [9.17, 15) is 9.59 Å². The fourth-order valence-corrected chi connectivity index (χ4v) is 2.25. The lowest BCUT2D eigenvalue weighted by molar-refractivity contribution is -0.179. The molecule has 2 unspecified atom stereocenters. The molecule has 1 aliphatic heterocycles. The van der Waals surface area contributed by atoms with Gasteiger partial charge < -0.3 is 9.64 Å². The number of nitrogens with zero attached hydrogens (tertiary/aromatic N) is 1. The van der Waals surface area contributed by atoms with Crippen molar-refractivity contribution in [1.82, 2.24) is 4.90 Å². The first-order chi connectivity index (χ1) is 9.00. The Balaban J connectivity index is 2.15. The summed E-state index contributed by atoms with van der Waals surface area (Å²) in [4.78, 5) is 25.7. The van der Waals surface area contributed by atoms with Gasteiger partial charge in [-0.3, -0.25) is 4.79 Å². The normalized spacial score (nSPS) is 23.7. The molecule has 2 atom stereocenters. The molecule has 19 heavy (non-hydrogen) atoms. The van der Waals surface area contributed by atoms with Gasteiger partial charge in [0.2, 0.25) is 0 Å². The number of cyclic esters (lactones) is 1. The average Bonchev–Trinajstić information content (AvgIpc) is 2.40. The zero-order chi connectivity index (χ0) is 14.0. The molecule has 1 aliphatic rings. The highest BCUT2D eigenvalue weighted by Gasteiger charge is 2.41. The van der Waals surface area contributed by atoms with Crippen LogP contribution in [0.1, 0.15) is 19.4 Å². The van der Waals surface area contributed by atoms with Gasteiger partial charge in [-0.25, -0.2) is 4.79 Å². The van der Waals surface area contributed by atoms with Crippen molar-refractivity contribution in [1.29, 1.82) is 0 Å². The van der Waals surface area contributed by atoms with Crippen LogP contribution >= 0.6 is 0 Å². The van der Waals surface area contributed by atoms with E-state index in [-0.39, 0.29) is 17.8 Å². The van der Waals surface area contributed by atoms with Crippen LogP contribution in [0, 0.1) is 5.92 Å². The largest absolute Gasteiger partial charge is 0.450 e. The second-order valence-corrected chi connectivity index (χ2v) is 5.26. The van der Waals surface area contributed by atoms with Gasteiger partial charge in [0.05, 0.1) is 0 Å². The molecule has 0 aromatic heterocycles. The monoisotopic (exact) mass is 261 g/mol. The molecular weight excluding hydrogens is 242 g/mol. The Morgan fingerprint density at radius 1 is 1.21 bits per heavy atom. The van der Waals surface area contributed by atoms with Crippen molar-refractivity contribution in [3.63, 3.8) is 0 Å². The number of likely N-dealkylation sites (N-methyl/N-ethyl adjacent to an activating group) is 1. The smallest absolute Gasteiger partial charge is 0.329 e. The lowest BCUT2D eigenvalue weighted by atomic mass is 9.99. The van der Waals surface area contributed by atoms with Crippen LogP contribution in [0.2, 0.25) is 0 Å². The van der Waals surface area contributed by atoms with E-state index in [4.69, 9.17) is 4.74 Å². The van der Waals surface area contributed by atoms with Gasteiger partial charge in [-0.1, -0.05) is 44.2 Å². The maximum absolute atomic E-state index is 12.2. The Kier molecular flexibility index (Phi) is 3.88. The first-order valence-electron chi connectivity index (χ1n) is 6.51. The summed E-state index contributed by atoms with van der Waals surface area (Å²) in [5.41, 5.74) is 1.02. The minimum absolute atomic E-state index is 0.00317. The fourth-order valence-electron chi connectivity index (χ4n) is 2.25. The van der Waals surface area contributed by atoms with Crippen molar-refractivity contribution >= 4 is 11.9 Å². The molecule has 1 saturated heterocycles. The molecule has 4 nitrogen and oxygen atoms in total. The number of benzene rings is 1. The molecule has 0 radical (unpaired) electrons. The molecular formula is C15H19NO3. The number of morpholine rings is 1. The molecule has 2 rings (SSSR count). The van der Waals surface area contributed by atoms with E-state index in [0.717, 1.165) is 5.56 Å². The Labute approximate surface area is 113 Å². The van der Waals surface area contributed by atoms with Crippen LogP contribution in [0.15, 0.2) is 30.3 Å². The van der Waals surface area contributed by atoms with Crippen LogP contribution in [-0.2, 0) is 20.7 Å². The number of rotatable bonds is 3. The van der Waals surface area contributed by atoms with Gasteiger partial charge in [0.15, 0.2) is 6.10 Å². The quantitative estimate of drug-likeness (QED) is 0.777. The summed E-state index contributed by atoms with van der Waals surface area (Å²) in [6.07, 6.45) is -0.156. The van der Waals surface area contributed by atoms with Crippen LogP contribution in [0.3, 0.4) is 0 Å². The molecule has 1 fully saturated rings. The first-order valence-corrected chi connectivity index (χ1v) is 6.51. The third kappa shape index (κ3) is 2.78. The maximum atomic E-state index is 12.2. The van der Waals surface area contributed by atoms with E-state index >= 15 is 0 Å². The third-order valence-electron chi connectivity index (χ3n) is 3.45. The number of esters is 1. The third-order valence-corrected chi connectivity index (χ3v) is 3.45. The number of hydrogen-bond donors (Lipinski definition) is 0. The predicted molar refractivity (Wildman–Crippen MR) is 71.4 cm³/mol. The van der Waals surface area contributed by atoms with Crippen molar-refractivity contribution in [2.45, 2.75) is 32.4 Å². The van der Waals surface area contributed by atoms with Crippen LogP contribution in [0.25, 0.3) is 0 Å². The van der Waals surface area contributed by atoms with E-state index in [1.807, 2.05) is 44.2 Å². The molecule has 0 saturated carbocycles. The lowest BCUT2D eigenvalue weighted by Gasteiger charge is -2.37. The first kappa shape index (κ1) is 13.6. The van der Waals surface area contributed by atoms with E-state index in [1.54, 1.807) is 7.05 Å². The van der Waals surface area contributed by atoms with E-state index in [0.29, 0.717) is 6.42 Å². The van der Waals surface area contributed by atoms with Gasteiger partial charge in [-0.2, -0.15) is 0 Å². The van der Waals surface area contributed by atoms with E-state index < -0.39 is 12.1 Å². The minimum Gasteiger partial charge on any atom is -0.450 e. The number of carbonyl (C=O) groups is 2. The lowest BCUT2D eigenvalue weighted by Crippen LogP contribution is -2.56. The SMILES string of the molecule is CC(C)C1OC(=O)C(Cc2ccccc2)N(C)C1=O. The zero-order valence-electron chi connectivity index (χ0n) is 11.5. The van der Waals surface area contributed by atoms with E-state index in [1.165, 1.54) is 4.90 Å². The van der Waals surface area contributed by atoms with Crippen molar-refractivity contribution in [2.75, 3.05) is 7.05 Å². The molecule has 0 bridgehead atoms. The summed E-state index contributed by atoms with van der Waals surface area (Å²) in [5, 5.41) is 0. The van der Waals surface area contributed by atoms with Crippen LogP contribution in [0.4, 0.5) is 0 Å². The molecule has 4 heteroatoms. The summed E-state index contributed by atoms with van der Waals surface area (Å²) < 4.78 is 5.29. The summed E-state index contributed by atoms with van der Waals surface area (Å²) in [7, 11) is 1.67. The fraction of sp³-hybridized carbons (Fsp3) is 0.467. The molecule has 1 heterocycles. The van der Waals surface area contributed by atoms with Crippen LogP contribution in [-0.4, -0.2) is 36.0 Å². The van der Waals surface area contributed by atoms with Crippen molar-refractivity contribution in [3.8, 4) is 0 Å². The van der Waals surface area contributed by atoms with Crippen LogP contribution < -0.4 is 0 Å². The van der Waals surface area contributed by atoms with Gasteiger partial charge >= 0.3 is 5.97 Å². The van der Waals surface area contributed by atoms with Gasteiger partial charge in [-0.15, -0.1) is 0 Å². The summed E-state index contributed by atoms with van der Waals surface area (Å²) in [5.74, 6) is -0.434. The van der Waals surface area contributed by atoms with E-state index in [2.05, 4.69) is 0 Å². The molecule has 1 aromatic rings. The Morgan fingerprint density at radius 3 is 2.42 bits per heavy atom. The Hall–Kier alpha value is -1.84. The summed E-state index contributed by atoms with van der Waals surface area (Å²) in [6, 6.07) is 9.13. The molecule has 0 aliphatic carbocycles. The van der Waals surface area contributed by atoms with Gasteiger partial charge in [0.1, 0.15) is 6.04 Å². The van der Waals surface area contributed by atoms with Gasteiger partial charge in [-0.05, 0) is 11.5 Å². The standard InChI is InChI=1S/C15H19NO3/c1-10(2)13-14(17)16(3)12(15(18)19-13)9-11-7-5-4-6-8-11/h4-8,10,12-13H,9H2,1-3H3. The number of hydrogen-bond acceptors (Lipinski definition) is 3. The Bertz CT molecular complexity index is 470. The molecule has 1 amide bonds. The maximum Gasteiger partial charge on any atom is 0.329 e.